The summed E-state index contributed by atoms with van der Waals surface area (Å²) in [5, 5.41) is 4.43. The van der Waals surface area contributed by atoms with Crippen LogP contribution in [0.5, 0.6) is 5.75 Å². The van der Waals surface area contributed by atoms with Gasteiger partial charge in [-0.15, -0.1) is 0 Å². The van der Waals surface area contributed by atoms with Gasteiger partial charge in [0.15, 0.2) is 0 Å². The first-order valence-corrected chi connectivity index (χ1v) is 7.35. The number of urea groups is 1. The highest BCUT2D eigenvalue weighted by Crippen LogP contribution is 2.36. The number of anilines is 2. The van der Waals surface area contributed by atoms with Crippen LogP contribution in [0.3, 0.4) is 0 Å². The Labute approximate surface area is 141 Å². The van der Waals surface area contributed by atoms with Crippen molar-refractivity contribution in [2.24, 2.45) is 0 Å². The van der Waals surface area contributed by atoms with Crippen LogP contribution in [0.15, 0.2) is 42.5 Å². The predicted octanol–water partition coefficient (Wildman–Crippen LogP) is 5.40. The van der Waals surface area contributed by atoms with E-state index in [1.54, 1.807) is 31.2 Å². The molecule has 8 heteroatoms. The standard InChI is InChI=1S/C16H14ClF3N2O2/c1-2-24-14-6-4-3-5-13(14)22-15(23)21-10-7-8-12(17)11(9-10)16(18,19)20/h3-9H,2H2,1H3,(H2,21,22,23). The molecule has 2 N–H and O–H groups in total. The van der Waals surface area contributed by atoms with Crippen molar-refractivity contribution < 1.29 is 22.7 Å². The summed E-state index contributed by atoms with van der Waals surface area (Å²) < 4.78 is 43.8. The van der Waals surface area contributed by atoms with Crippen LogP contribution in [0, 0.1) is 0 Å². The van der Waals surface area contributed by atoms with Crippen molar-refractivity contribution in [2.75, 3.05) is 17.2 Å². The molecule has 2 amide bonds. The molecule has 2 rings (SSSR count). The monoisotopic (exact) mass is 358 g/mol. The van der Waals surface area contributed by atoms with Gasteiger partial charge >= 0.3 is 12.2 Å². The van der Waals surface area contributed by atoms with Crippen LogP contribution in [0.4, 0.5) is 29.3 Å². The number of halogens is 4. The Morgan fingerprint density at radius 1 is 1.17 bits per heavy atom. The number of rotatable bonds is 4. The molecular weight excluding hydrogens is 345 g/mol. The van der Waals surface area contributed by atoms with Crippen molar-refractivity contribution in [1.29, 1.82) is 0 Å². The molecule has 0 aromatic heterocycles. The van der Waals surface area contributed by atoms with Gasteiger partial charge in [0.1, 0.15) is 5.75 Å². The Morgan fingerprint density at radius 2 is 1.88 bits per heavy atom. The summed E-state index contributed by atoms with van der Waals surface area (Å²) in [6.45, 7) is 2.20. The molecule has 2 aromatic carbocycles. The highest BCUT2D eigenvalue weighted by Gasteiger charge is 2.33. The number of nitrogens with one attached hydrogen (secondary N) is 2. The van der Waals surface area contributed by atoms with E-state index in [0.29, 0.717) is 18.0 Å². The quantitative estimate of drug-likeness (QED) is 0.768. The molecule has 0 unspecified atom stereocenters. The van der Waals surface area contributed by atoms with Crippen molar-refractivity contribution in [3.63, 3.8) is 0 Å². The fourth-order valence-corrected chi connectivity index (χ4v) is 2.18. The van der Waals surface area contributed by atoms with Gasteiger partial charge in [-0.3, -0.25) is 0 Å². The lowest BCUT2D eigenvalue weighted by Crippen LogP contribution is -2.20. The molecule has 24 heavy (non-hydrogen) atoms. The van der Waals surface area contributed by atoms with Gasteiger partial charge in [-0.05, 0) is 37.3 Å². The maximum Gasteiger partial charge on any atom is 0.417 e. The highest BCUT2D eigenvalue weighted by atomic mass is 35.5. The summed E-state index contributed by atoms with van der Waals surface area (Å²) in [6.07, 6.45) is -4.60. The fourth-order valence-electron chi connectivity index (χ4n) is 1.96. The smallest absolute Gasteiger partial charge is 0.417 e. The Kier molecular flexibility index (Phi) is 5.56. The molecule has 0 saturated carbocycles. The van der Waals surface area contributed by atoms with Gasteiger partial charge in [0.05, 0.1) is 22.9 Å². The SMILES string of the molecule is CCOc1ccccc1NC(=O)Nc1ccc(Cl)c(C(F)(F)F)c1. The minimum Gasteiger partial charge on any atom is -0.492 e. The van der Waals surface area contributed by atoms with Gasteiger partial charge in [-0.2, -0.15) is 13.2 Å². The summed E-state index contributed by atoms with van der Waals surface area (Å²) in [5.41, 5.74) is -0.642. The average Bonchev–Trinajstić information content (AvgIpc) is 2.50. The Bertz CT molecular complexity index is 736. The van der Waals surface area contributed by atoms with Crippen LogP contribution < -0.4 is 15.4 Å². The molecule has 0 radical (unpaired) electrons. The number of para-hydroxylation sites is 2. The number of hydrogen-bond donors (Lipinski definition) is 2. The van der Waals surface area contributed by atoms with Crippen LogP contribution >= 0.6 is 11.6 Å². The second kappa shape index (κ2) is 7.44. The summed E-state index contributed by atoms with van der Waals surface area (Å²) in [7, 11) is 0. The molecule has 4 nitrogen and oxygen atoms in total. The van der Waals surface area contributed by atoms with E-state index in [4.69, 9.17) is 16.3 Å². The first-order valence-electron chi connectivity index (χ1n) is 6.98. The van der Waals surface area contributed by atoms with Crippen molar-refractivity contribution >= 4 is 29.0 Å². The summed E-state index contributed by atoms with van der Waals surface area (Å²) in [6, 6.07) is 9.16. The predicted molar refractivity (Wildman–Crippen MR) is 86.7 cm³/mol. The van der Waals surface area contributed by atoms with Crippen LogP contribution in [-0.2, 0) is 6.18 Å². The van der Waals surface area contributed by atoms with E-state index in [1.807, 2.05) is 0 Å². The third-order valence-electron chi connectivity index (χ3n) is 2.96. The zero-order chi connectivity index (χ0) is 17.7. The highest BCUT2D eigenvalue weighted by molar-refractivity contribution is 6.31. The maximum absolute atomic E-state index is 12.8. The van der Waals surface area contributed by atoms with Gasteiger partial charge in [0, 0.05) is 5.69 Å². The summed E-state index contributed by atoms with van der Waals surface area (Å²) in [4.78, 5) is 12.0. The first-order chi connectivity index (χ1) is 11.3. The Morgan fingerprint density at radius 3 is 2.54 bits per heavy atom. The molecule has 2 aromatic rings. The van der Waals surface area contributed by atoms with E-state index in [2.05, 4.69) is 10.6 Å². The number of carbonyl (C=O) groups is 1. The fraction of sp³-hybridized carbons (Fsp3) is 0.188. The minimum absolute atomic E-state index is 0.0295. The third kappa shape index (κ3) is 4.55. The van der Waals surface area contributed by atoms with E-state index in [1.165, 1.54) is 6.07 Å². The topological polar surface area (TPSA) is 50.4 Å². The number of alkyl halides is 3. The van der Waals surface area contributed by atoms with Crippen LogP contribution in [0.1, 0.15) is 12.5 Å². The van der Waals surface area contributed by atoms with Crippen molar-refractivity contribution in [2.45, 2.75) is 13.1 Å². The van der Waals surface area contributed by atoms with Gasteiger partial charge in [-0.25, -0.2) is 4.79 Å². The van der Waals surface area contributed by atoms with E-state index in [9.17, 15) is 18.0 Å². The molecule has 0 aliphatic heterocycles. The number of benzene rings is 2. The minimum atomic E-state index is -4.60. The molecule has 0 atom stereocenters. The van der Waals surface area contributed by atoms with Gasteiger partial charge in [0.2, 0.25) is 0 Å². The Hall–Kier alpha value is -2.41. The third-order valence-corrected chi connectivity index (χ3v) is 3.29. The molecule has 0 saturated heterocycles. The molecule has 0 fully saturated rings. The maximum atomic E-state index is 12.8. The van der Waals surface area contributed by atoms with Gasteiger partial charge in [0.25, 0.3) is 0 Å². The van der Waals surface area contributed by atoms with Gasteiger partial charge in [-0.1, -0.05) is 23.7 Å². The molecular formula is C16H14ClF3N2O2. The second-order valence-corrected chi connectivity index (χ2v) is 5.11. The van der Waals surface area contributed by atoms with Crippen molar-refractivity contribution in [1.82, 2.24) is 0 Å². The van der Waals surface area contributed by atoms with Crippen LogP contribution in [0.2, 0.25) is 5.02 Å². The second-order valence-electron chi connectivity index (χ2n) is 4.70. The van der Waals surface area contributed by atoms with Crippen LogP contribution in [-0.4, -0.2) is 12.6 Å². The molecule has 0 aliphatic carbocycles. The number of amides is 2. The lowest BCUT2D eigenvalue weighted by Gasteiger charge is -2.14. The van der Waals surface area contributed by atoms with E-state index < -0.39 is 22.8 Å². The zero-order valence-electron chi connectivity index (χ0n) is 12.6. The molecule has 0 bridgehead atoms. The van der Waals surface area contributed by atoms with Crippen LogP contribution in [0.25, 0.3) is 0 Å². The van der Waals surface area contributed by atoms with E-state index in [0.717, 1.165) is 12.1 Å². The molecule has 0 spiro atoms. The number of hydrogen-bond acceptors (Lipinski definition) is 2. The number of carbonyl (C=O) groups excluding carboxylic acids is 1. The van der Waals surface area contributed by atoms with Crippen molar-refractivity contribution in [3.8, 4) is 5.75 Å². The lowest BCUT2D eigenvalue weighted by atomic mass is 10.2. The molecule has 128 valence electrons. The Balaban J connectivity index is 2.14. The van der Waals surface area contributed by atoms with Gasteiger partial charge < -0.3 is 15.4 Å². The largest absolute Gasteiger partial charge is 0.492 e. The van der Waals surface area contributed by atoms with E-state index in [-0.39, 0.29) is 5.69 Å². The van der Waals surface area contributed by atoms with Crippen molar-refractivity contribution in [3.05, 3.63) is 53.1 Å². The zero-order valence-corrected chi connectivity index (χ0v) is 13.3. The average molecular weight is 359 g/mol. The van der Waals surface area contributed by atoms with E-state index >= 15 is 0 Å². The first kappa shape index (κ1) is 17.9. The summed E-state index contributed by atoms with van der Waals surface area (Å²) >= 11 is 5.54. The number of ether oxygens (including phenoxy) is 1. The summed E-state index contributed by atoms with van der Waals surface area (Å²) in [5.74, 6) is 0.460. The molecule has 0 heterocycles. The molecule has 0 aliphatic rings. The lowest BCUT2D eigenvalue weighted by molar-refractivity contribution is -0.137. The normalized spacial score (nSPS) is 11.0.